The van der Waals surface area contributed by atoms with E-state index in [4.69, 9.17) is 9.26 Å². The lowest BCUT2D eigenvalue weighted by atomic mass is 10.1. The van der Waals surface area contributed by atoms with Crippen molar-refractivity contribution in [1.29, 1.82) is 0 Å². The van der Waals surface area contributed by atoms with Crippen LogP contribution in [0.15, 0.2) is 59.1 Å². The molecule has 7 heteroatoms. The van der Waals surface area contributed by atoms with Crippen molar-refractivity contribution in [2.75, 3.05) is 7.11 Å². The molecule has 0 aliphatic rings. The second-order valence-electron chi connectivity index (χ2n) is 5.47. The Labute approximate surface area is 149 Å². The minimum absolute atomic E-state index is 0.270. The Morgan fingerprint density at radius 3 is 2.27 bits per heavy atom. The highest BCUT2D eigenvalue weighted by atomic mass is 16.5. The lowest BCUT2D eigenvalue weighted by Crippen LogP contribution is -2.41. The van der Waals surface area contributed by atoms with Crippen LogP contribution in [-0.4, -0.2) is 24.1 Å². The number of aromatic nitrogens is 1. The van der Waals surface area contributed by atoms with E-state index in [0.29, 0.717) is 22.8 Å². The number of methoxy groups -OCH3 is 1. The Kier molecular flexibility index (Phi) is 4.98. The zero-order valence-electron chi connectivity index (χ0n) is 14.3. The average molecular weight is 351 g/mol. The van der Waals surface area contributed by atoms with E-state index in [-0.39, 0.29) is 5.56 Å². The highest BCUT2D eigenvalue weighted by Crippen LogP contribution is 2.24. The van der Waals surface area contributed by atoms with Gasteiger partial charge >= 0.3 is 0 Å². The summed E-state index contributed by atoms with van der Waals surface area (Å²) in [6.07, 6.45) is 0. The molecule has 0 bridgehead atoms. The number of nitrogens with zero attached hydrogens (tertiary/aromatic N) is 1. The molecule has 2 amide bonds. The molecule has 2 aromatic carbocycles. The van der Waals surface area contributed by atoms with Gasteiger partial charge < -0.3 is 9.26 Å². The number of ether oxygens (including phenoxy) is 1. The smallest absolute Gasteiger partial charge is 0.275 e. The molecule has 0 radical (unpaired) electrons. The van der Waals surface area contributed by atoms with Crippen LogP contribution in [0.4, 0.5) is 0 Å². The fourth-order valence-electron chi connectivity index (χ4n) is 2.42. The van der Waals surface area contributed by atoms with Gasteiger partial charge in [-0.05, 0) is 31.2 Å². The van der Waals surface area contributed by atoms with Crippen LogP contribution < -0.4 is 15.6 Å². The average Bonchev–Trinajstić information content (AvgIpc) is 3.08. The molecular weight excluding hydrogens is 334 g/mol. The first-order valence-electron chi connectivity index (χ1n) is 7.86. The van der Waals surface area contributed by atoms with E-state index >= 15 is 0 Å². The van der Waals surface area contributed by atoms with Crippen LogP contribution in [0.1, 0.15) is 26.5 Å². The normalized spacial score (nSPS) is 10.2. The van der Waals surface area contributed by atoms with Crippen LogP contribution >= 0.6 is 0 Å². The van der Waals surface area contributed by atoms with Gasteiger partial charge in [-0.2, -0.15) is 0 Å². The predicted molar refractivity (Wildman–Crippen MR) is 94.6 cm³/mol. The summed E-state index contributed by atoms with van der Waals surface area (Å²) in [5, 5.41) is 3.95. The van der Waals surface area contributed by atoms with Crippen molar-refractivity contribution in [2.45, 2.75) is 6.92 Å². The molecule has 7 nitrogen and oxygen atoms in total. The molecule has 0 spiro atoms. The van der Waals surface area contributed by atoms with Crippen molar-refractivity contribution in [3.8, 4) is 17.0 Å². The molecule has 3 aromatic rings. The van der Waals surface area contributed by atoms with E-state index in [9.17, 15) is 9.59 Å². The molecular formula is C19H17N3O4. The second kappa shape index (κ2) is 7.52. The lowest BCUT2D eigenvalue weighted by Gasteiger charge is -2.08. The van der Waals surface area contributed by atoms with Gasteiger partial charge in [0, 0.05) is 11.1 Å². The van der Waals surface area contributed by atoms with Crippen molar-refractivity contribution in [3.63, 3.8) is 0 Å². The van der Waals surface area contributed by atoms with Crippen LogP contribution in [0, 0.1) is 6.92 Å². The van der Waals surface area contributed by atoms with Crippen LogP contribution in [0.3, 0.4) is 0 Å². The Hall–Kier alpha value is -3.61. The molecule has 132 valence electrons. The molecule has 0 atom stereocenters. The number of amides is 2. The van der Waals surface area contributed by atoms with Crippen molar-refractivity contribution in [1.82, 2.24) is 16.0 Å². The van der Waals surface area contributed by atoms with Gasteiger partial charge in [-0.15, -0.1) is 0 Å². The maximum absolute atomic E-state index is 12.5. The minimum atomic E-state index is -0.510. The number of hydrazine groups is 1. The van der Waals surface area contributed by atoms with Crippen molar-refractivity contribution >= 4 is 11.8 Å². The summed E-state index contributed by atoms with van der Waals surface area (Å²) < 4.78 is 10.2. The van der Waals surface area contributed by atoms with Gasteiger partial charge in [0.15, 0.2) is 0 Å². The number of carbonyl (C=O) groups excluding carboxylic acids is 2. The summed E-state index contributed by atoms with van der Waals surface area (Å²) in [6, 6.07) is 15.7. The number of carbonyl (C=O) groups is 2. The number of hydrogen-bond acceptors (Lipinski definition) is 5. The first-order valence-corrected chi connectivity index (χ1v) is 7.86. The number of hydrogen-bond donors (Lipinski definition) is 2. The van der Waals surface area contributed by atoms with Gasteiger partial charge in [0.05, 0.1) is 7.11 Å². The van der Waals surface area contributed by atoms with E-state index < -0.39 is 11.8 Å². The Morgan fingerprint density at radius 1 is 0.962 bits per heavy atom. The highest BCUT2D eigenvalue weighted by Gasteiger charge is 2.22. The first kappa shape index (κ1) is 17.2. The molecule has 2 N–H and O–H groups in total. The van der Waals surface area contributed by atoms with E-state index in [2.05, 4.69) is 16.0 Å². The van der Waals surface area contributed by atoms with E-state index in [1.54, 1.807) is 38.3 Å². The van der Waals surface area contributed by atoms with Crippen LogP contribution in [-0.2, 0) is 0 Å². The predicted octanol–water partition coefficient (Wildman–Crippen LogP) is 2.73. The quantitative estimate of drug-likeness (QED) is 0.705. The van der Waals surface area contributed by atoms with Gasteiger partial charge in [0.1, 0.15) is 22.8 Å². The zero-order valence-corrected chi connectivity index (χ0v) is 14.3. The van der Waals surface area contributed by atoms with Crippen molar-refractivity contribution in [2.24, 2.45) is 0 Å². The van der Waals surface area contributed by atoms with Crippen molar-refractivity contribution in [3.05, 3.63) is 71.5 Å². The third kappa shape index (κ3) is 3.56. The van der Waals surface area contributed by atoms with Gasteiger partial charge in [-0.3, -0.25) is 20.4 Å². The summed E-state index contributed by atoms with van der Waals surface area (Å²) in [6.45, 7) is 1.64. The lowest BCUT2D eigenvalue weighted by molar-refractivity contribution is 0.0846. The van der Waals surface area contributed by atoms with Gasteiger partial charge in [0.2, 0.25) is 0 Å². The maximum Gasteiger partial charge on any atom is 0.275 e. The molecule has 1 aromatic heterocycles. The molecule has 0 fully saturated rings. The van der Waals surface area contributed by atoms with E-state index in [1.165, 1.54) is 0 Å². The van der Waals surface area contributed by atoms with Crippen LogP contribution in [0.2, 0.25) is 0 Å². The third-order valence-electron chi connectivity index (χ3n) is 3.78. The van der Waals surface area contributed by atoms with E-state index in [1.807, 2.05) is 30.3 Å². The fourth-order valence-corrected chi connectivity index (χ4v) is 2.42. The van der Waals surface area contributed by atoms with Gasteiger partial charge in [-0.25, -0.2) is 0 Å². The Bertz CT molecular complexity index is 918. The summed E-state index contributed by atoms with van der Waals surface area (Å²) in [5.74, 6) is 0.0408. The second-order valence-corrected chi connectivity index (χ2v) is 5.47. The number of rotatable bonds is 4. The largest absolute Gasteiger partial charge is 0.497 e. The highest BCUT2D eigenvalue weighted by molar-refractivity contribution is 6.03. The fraction of sp³-hybridized carbons (Fsp3) is 0.105. The molecule has 0 saturated carbocycles. The summed E-state index contributed by atoms with van der Waals surface area (Å²) in [4.78, 5) is 24.7. The number of benzene rings is 2. The molecule has 0 aliphatic heterocycles. The molecule has 0 aliphatic carbocycles. The number of nitrogens with one attached hydrogen (secondary N) is 2. The monoisotopic (exact) mass is 351 g/mol. The molecule has 0 saturated heterocycles. The zero-order chi connectivity index (χ0) is 18.5. The summed E-state index contributed by atoms with van der Waals surface area (Å²) in [5.41, 5.74) is 6.59. The van der Waals surface area contributed by atoms with Crippen molar-refractivity contribution < 1.29 is 18.8 Å². The molecule has 26 heavy (non-hydrogen) atoms. The third-order valence-corrected chi connectivity index (χ3v) is 3.78. The van der Waals surface area contributed by atoms with Gasteiger partial charge in [-0.1, -0.05) is 35.5 Å². The topological polar surface area (TPSA) is 93.5 Å². The number of aryl methyl sites for hydroxylation is 1. The van der Waals surface area contributed by atoms with Gasteiger partial charge in [0.25, 0.3) is 11.8 Å². The maximum atomic E-state index is 12.5. The van der Waals surface area contributed by atoms with E-state index in [0.717, 1.165) is 5.56 Å². The standard InChI is InChI=1S/C19H17N3O4/c1-12-16(17(22-26-12)13-6-4-3-5-7-13)19(24)21-20-18(23)14-8-10-15(25-2)11-9-14/h3-11H,1-2H3,(H,20,23)(H,21,24). The minimum Gasteiger partial charge on any atom is -0.497 e. The Balaban J connectivity index is 1.72. The van der Waals surface area contributed by atoms with Crippen LogP contribution in [0.25, 0.3) is 11.3 Å². The molecule has 1 heterocycles. The summed E-state index contributed by atoms with van der Waals surface area (Å²) >= 11 is 0. The summed E-state index contributed by atoms with van der Waals surface area (Å²) in [7, 11) is 1.54. The SMILES string of the molecule is COc1ccc(C(=O)NNC(=O)c2c(-c3ccccc3)noc2C)cc1. The molecule has 0 unspecified atom stereocenters. The Morgan fingerprint density at radius 2 is 1.62 bits per heavy atom. The molecule has 3 rings (SSSR count). The van der Waals surface area contributed by atoms with Crippen LogP contribution in [0.5, 0.6) is 5.75 Å². The first-order chi connectivity index (χ1) is 12.6.